The maximum Gasteiger partial charge on any atom is 0.169 e. The number of hydrogen-bond acceptors (Lipinski definition) is 4. The first-order valence-corrected chi connectivity index (χ1v) is 7.96. The summed E-state index contributed by atoms with van der Waals surface area (Å²) in [4.78, 5) is 2.23. The predicted octanol–water partition coefficient (Wildman–Crippen LogP) is 3.52. The van der Waals surface area contributed by atoms with Crippen LogP contribution < -0.4 is 4.74 Å². The number of furan rings is 1. The van der Waals surface area contributed by atoms with E-state index in [2.05, 4.69) is 4.90 Å². The van der Waals surface area contributed by atoms with Crippen molar-refractivity contribution in [3.63, 3.8) is 0 Å². The minimum Gasteiger partial charge on any atom is -0.494 e. The summed E-state index contributed by atoms with van der Waals surface area (Å²) in [6.07, 6.45) is 3.60. The molecule has 0 unspecified atom stereocenters. The van der Waals surface area contributed by atoms with Crippen molar-refractivity contribution in [3.8, 4) is 5.75 Å². The van der Waals surface area contributed by atoms with Crippen LogP contribution in [-0.2, 0) is 6.54 Å². The molecule has 2 aromatic rings. The minimum atomic E-state index is -0.620. The molecule has 0 bridgehead atoms. The molecule has 3 rings (SSSR count). The van der Waals surface area contributed by atoms with Gasteiger partial charge in [-0.25, -0.2) is 4.39 Å². The van der Waals surface area contributed by atoms with E-state index in [4.69, 9.17) is 9.15 Å². The van der Waals surface area contributed by atoms with Gasteiger partial charge >= 0.3 is 0 Å². The Hall–Kier alpha value is -1.85. The molecule has 23 heavy (non-hydrogen) atoms. The summed E-state index contributed by atoms with van der Waals surface area (Å²) in [7, 11) is 1.47. The number of halogens is 1. The van der Waals surface area contributed by atoms with Crippen LogP contribution >= 0.6 is 0 Å². The summed E-state index contributed by atoms with van der Waals surface area (Å²) in [6, 6.07) is 9.00. The molecule has 1 aromatic heterocycles. The molecule has 0 saturated carbocycles. The molecule has 0 radical (unpaired) electrons. The standard InChI is InChI=1S/C18H22FNO3/c1-22-17-7-2-5-13(18(17)19)12-20-9-3-6-14(20)11-15(21)16-8-4-10-23-16/h2,4-5,7-8,10,14-15,21H,3,6,9,11-12H2,1H3/t14-,15-/m0/s1. The van der Waals surface area contributed by atoms with Gasteiger partial charge in [-0.1, -0.05) is 12.1 Å². The van der Waals surface area contributed by atoms with Crippen molar-refractivity contribution < 1.29 is 18.7 Å². The molecule has 1 aliphatic heterocycles. The van der Waals surface area contributed by atoms with Crippen LogP contribution in [-0.4, -0.2) is 29.7 Å². The lowest BCUT2D eigenvalue weighted by molar-refractivity contribution is 0.0991. The van der Waals surface area contributed by atoms with E-state index in [1.165, 1.54) is 7.11 Å². The summed E-state index contributed by atoms with van der Waals surface area (Å²) in [5, 5.41) is 10.3. The highest BCUT2D eigenvalue weighted by molar-refractivity contribution is 5.31. The lowest BCUT2D eigenvalue weighted by Gasteiger charge is -2.26. The van der Waals surface area contributed by atoms with Gasteiger partial charge in [0, 0.05) is 18.2 Å². The zero-order valence-electron chi connectivity index (χ0n) is 13.2. The first-order chi connectivity index (χ1) is 11.2. The van der Waals surface area contributed by atoms with Gasteiger partial charge in [-0.2, -0.15) is 0 Å². The highest BCUT2D eigenvalue weighted by Gasteiger charge is 2.28. The van der Waals surface area contributed by atoms with Crippen LogP contribution in [0.4, 0.5) is 4.39 Å². The quantitative estimate of drug-likeness (QED) is 0.885. The van der Waals surface area contributed by atoms with Crippen LogP contribution in [0, 0.1) is 5.82 Å². The summed E-state index contributed by atoms with van der Waals surface area (Å²) in [5.74, 6) is 0.561. The van der Waals surface area contributed by atoms with Gasteiger partial charge in [0.25, 0.3) is 0 Å². The van der Waals surface area contributed by atoms with E-state index >= 15 is 0 Å². The normalized spacial score (nSPS) is 19.9. The fourth-order valence-electron chi connectivity index (χ4n) is 3.28. The summed E-state index contributed by atoms with van der Waals surface area (Å²) in [6.45, 7) is 1.44. The molecule has 1 aliphatic rings. The molecular formula is C18H22FNO3. The van der Waals surface area contributed by atoms with Crippen molar-refractivity contribution in [2.75, 3.05) is 13.7 Å². The van der Waals surface area contributed by atoms with Crippen LogP contribution in [0.3, 0.4) is 0 Å². The number of aliphatic hydroxyl groups excluding tert-OH is 1. The Morgan fingerprint density at radius 2 is 2.26 bits per heavy atom. The monoisotopic (exact) mass is 319 g/mol. The highest BCUT2D eigenvalue weighted by Crippen LogP contribution is 2.30. The van der Waals surface area contributed by atoms with Crippen LogP contribution in [0.2, 0.25) is 0 Å². The minimum absolute atomic E-state index is 0.223. The zero-order chi connectivity index (χ0) is 16.2. The summed E-state index contributed by atoms with van der Waals surface area (Å²) >= 11 is 0. The van der Waals surface area contributed by atoms with Gasteiger partial charge in [0.1, 0.15) is 11.9 Å². The van der Waals surface area contributed by atoms with Gasteiger partial charge in [0.15, 0.2) is 11.6 Å². The van der Waals surface area contributed by atoms with Gasteiger partial charge in [-0.15, -0.1) is 0 Å². The first kappa shape index (κ1) is 16.0. The third-order valence-corrected chi connectivity index (χ3v) is 4.50. The van der Waals surface area contributed by atoms with Crippen molar-refractivity contribution in [2.45, 2.75) is 38.0 Å². The van der Waals surface area contributed by atoms with Crippen molar-refractivity contribution >= 4 is 0 Å². The van der Waals surface area contributed by atoms with Crippen molar-refractivity contribution in [1.82, 2.24) is 4.90 Å². The van der Waals surface area contributed by atoms with Gasteiger partial charge in [-0.3, -0.25) is 4.90 Å². The molecule has 1 saturated heterocycles. The Bertz CT molecular complexity index is 629. The van der Waals surface area contributed by atoms with E-state index in [1.54, 1.807) is 36.6 Å². The van der Waals surface area contributed by atoms with E-state index in [0.29, 0.717) is 24.3 Å². The third kappa shape index (κ3) is 3.57. The number of benzene rings is 1. The molecule has 2 heterocycles. The van der Waals surface area contributed by atoms with E-state index in [-0.39, 0.29) is 17.6 Å². The smallest absolute Gasteiger partial charge is 0.169 e. The lowest BCUT2D eigenvalue weighted by atomic mass is 10.0. The first-order valence-electron chi connectivity index (χ1n) is 7.96. The third-order valence-electron chi connectivity index (χ3n) is 4.50. The number of methoxy groups -OCH3 is 1. The van der Waals surface area contributed by atoms with Crippen molar-refractivity contribution in [3.05, 3.63) is 53.7 Å². The molecule has 5 heteroatoms. The fourth-order valence-corrected chi connectivity index (χ4v) is 3.28. The Balaban J connectivity index is 1.67. The highest BCUT2D eigenvalue weighted by atomic mass is 19.1. The number of rotatable bonds is 6. The van der Waals surface area contributed by atoms with Crippen molar-refractivity contribution in [1.29, 1.82) is 0 Å². The van der Waals surface area contributed by atoms with E-state index in [1.807, 2.05) is 0 Å². The number of nitrogens with zero attached hydrogens (tertiary/aromatic N) is 1. The molecule has 124 valence electrons. The van der Waals surface area contributed by atoms with E-state index in [0.717, 1.165) is 19.4 Å². The van der Waals surface area contributed by atoms with Crippen molar-refractivity contribution in [2.24, 2.45) is 0 Å². The molecule has 2 atom stereocenters. The Morgan fingerprint density at radius 1 is 1.39 bits per heavy atom. The number of hydrogen-bond donors (Lipinski definition) is 1. The molecule has 0 spiro atoms. The SMILES string of the molecule is COc1cccc(CN2CCC[C@H]2C[C@H](O)c2ccco2)c1F. The number of ether oxygens (including phenoxy) is 1. The maximum absolute atomic E-state index is 14.3. The topological polar surface area (TPSA) is 45.8 Å². The Morgan fingerprint density at radius 3 is 3.00 bits per heavy atom. The average Bonchev–Trinajstić information content (AvgIpc) is 3.22. The Kier molecular flexibility index (Phi) is 4.98. The van der Waals surface area contributed by atoms with Gasteiger partial charge in [0.05, 0.1) is 13.4 Å². The van der Waals surface area contributed by atoms with Gasteiger partial charge in [0.2, 0.25) is 0 Å². The van der Waals surface area contributed by atoms with Gasteiger partial charge in [-0.05, 0) is 44.0 Å². The predicted molar refractivity (Wildman–Crippen MR) is 84.7 cm³/mol. The second-order valence-corrected chi connectivity index (χ2v) is 5.97. The molecule has 1 fully saturated rings. The van der Waals surface area contributed by atoms with Gasteiger partial charge < -0.3 is 14.3 Å². The van der Waals surface area contributed by atoms with Crippen LogP contribution in [0.5, 0.6) is 5.75 Å². The van der Waals surface area contributed by atoms with Crippen LogP contribution in [0.25, 0.3) is 0 Å². The number of aliphatic hydroxyl groups is 1. The van der Waals surface area contributed by atoms with E-state index < -0.39 is 6.10 Å². The zero-order valence-corrected chi connectivity index (χ0v) is 13.2. The summed E-state index contributed by atoms with van der Waals surface area (Å²) < 4.78 is 24.6. The number of likely N-dealkylation sites (tertiary alicyclic amines) is 1. The Labute approximate surface area is 135 Å². The molecular weight excluding hydrogens is 297 g/mol. The fraction of sp³-hybridized carbons (Fsp3) is 0.444. The second kappa shape index (κ2) is 7.15. The molecule has 0 aliphatic carbocycles. The summed E-state index contributed by atoms with van der Waals surface area (Å²) in [5.41, 5.74) is 0.628. The molecule has 1 aromatic carbocycles. The lowest BCUT2D eigenvalue weighted by Crippen LogP contribution is -2.30. The average molecular weight is 319 g/mol. The molecule has 0 amide bonds. The largest absolute Gasteiger partial charge is 0.494 e. The van der Waals surface area contributed by atoms with Crippen LogP contribution in [0.1, 0.15) is 36.7 Å². The maximum atomic E-state index is 14.3. The molecule has 1 N–H and O–H groups in total. The van der Waals surface area contributed by atoms with E-state index in [9.17, 15) is 9.50 Å². The second-order valence-electron chi connectivity index (χ2n) is 5.97. The molecule has 4 nitrogen and oxygen atoms in total. The van der Waals surface area contributed by atoms with Crippen LogP contribution in [0.15, 0.2) is 41.0 Å².